The van der Waals surface area contributed by atoms with Crippen LogP contribution in [0.1, 0.15) is 5.56 Å². The SMILES string of the molecule is N#Cc1ccc(NCCN2CCNC2=O)c(Br)c1. The van der Waals surface area contributed by atoms with E-state index in [9.17, 15) is 4.79 Å². The number of hydrogen-bond donors (Lipinski definition) is 2. The van der Waals surface area contributed by atoms with Crippen molar-refractivity contribution in [2.24, 2.45) is 0 Å². The Bertz CT molecular complexity index is 497. The van der Waals surface area contributed by atoms with Gasteiger partial charge in [-0.1, -0.05) is 0 Å². The summed E-state index contributed by atoms with van der Waals surface area (Å²) in [4.78, 5) is 13.1. The van der Waals surface area contributed by atoms with Gasteiger partial charge in [-0.3, -0.25) is 0 Å². The fraction of sp³-hybridized carbons (Fsp3) is 0.333. The van der Waals surface area contributed by atoms with Crippen LogP contribution in [-0.4, -0.2) is 37.1 Å². The van der Waals surface area contributed by atoms with Gasteiger partial charge in [0.05, 0.1) is 11.6 Å². The number of carbonyl (C=O) groups excluding carboxylic acids is 1. The maximum atomic E-state index is 11.3. The normalized spacial score (nSPS) is 14.2. The number of halogens is 1. The van der Waals surface area contributed by atoms with Crippen LogP contribution in [0.4, 0.5) is 10.5 Å². The van der Waals surface area contributed by atoms with Gasteiger partial charge in [0.25, 0.3) is 0 Å². The van der Waals surface area contributed by atoms with Gasteiger partial charge in [-0.2, -0.15) is 5.26 Å². The number of nitriles is 1. The Morgan fingerprint density at radius 3 is 3.00 bits per heavy atom. The summed E-state index contributed by atoms with van der Waals surface area (Å²) in [5.74, 6) is 0. The molecule has 0 aliphatic carbocycles. The third kappa shape index (κ3) is 2.93. The van der Waals surface area contributed by atoms with Crippen LogP contribution < -0.4 is 10.6 Å². The summed E-state index contributed by atoms with van der Waals surface area (Å²) in [7, 11) is 0. The lowest BCUT2D eigenvalue weighted by Crippen LogP contribution is -2.32. The minimum Gasteiger partial charge on any atom is -0.382 e. The molecule has 2 amide bonds. The van der Waals surface area contributed by atoms with Gasteiger partial charge in [-0.15, -0.1) is 0 Å². The van der Waals surface area contributed by atoms with Crippen LogP contribution in [0.25, 0.3) is 0 Å². The highest BCUT2D eigenvalue weighted by Gasteiger charge is 2.18. The van der Waals surface area contributed by atoms with E-state index >= 15 is 0 Å². The molecule has 1 saturated heterocycles. The summed E-state index contributed by atoms with van der Waals surface area (Å²) >= 11 is 3.41. The molecular formula is C12H13BrN4O. The van der Waals surface area contributed by atoms with Crippen molar-refractivity contribution < 1.29 is 4.79 Å². The first-order chi connectivity index (χ1) is 8.70. The Labute approximate surface area is 114 Å². The molecule has 2 rings (SSSR count). The summed E-state index contributed by atoms with van der Waals surface area (Å²) in [6.45, 7) is 2.82. The van der Waals surface area contributed by atoms with Crippen molar-refractivity contribution in [2.75, 3.05) is 31.5 Å². The van der Waals surface area contributed by atoms with E-state index in [1.54, 1.807) is 17.0 Å². The number of anilines is 1. The number of rotatable bonds is 4. The van der Waals surface area contributed by atoms with Crippen LogP contribution >= 0.6 is 15.9 Å². The molecule has 2 N–H and O–H groups in total. The fourth-order valence-corrected chi connectivity index (χ4v) is 2.30. The van der Waals surface area contributed by atoms with E-state index < -0.39 is 0 Å². The second kappa shape index (κ2) is 5.74. The van der Waals surface area contributed by atoms with E-state index in [1.165, 1.54) is 0 Å². The number of nitrogens with zero attached hydrogens (tertiary/aromatic N) is 2. The molecule has 0 saturated carbocycles. The van der Waals surface area contributed by atoms with Crippen LogP contribution in [-0.2, 0) is 0 Å². The largest absolute Gasteiger partial charge is 0.382 e. The van der Waals surface area contributed by atoms with E-state index in [1.807, 2.05) is 6.07 Å². The standard InChI is InChI=1S/C12H13BrN4O/c13-10-7-9(8-14)1-2-11(10)15-3-5-17-6-4-16-12(17)18/h1-2,7,15H,3-6H2,(H,16,18). The molecule has 6 heteroatoms. The summed E-state index contributed by atoms with van der Waals surface area (Å²) < 4.78 is 0.854. The van der Waals surface area contributed by atoms with E-state index in [0.29, 0.717) is 18.7 Å². The molecule has 1 heterocycles. The lowest BCUT2D eigenvalue weighted by atomic mass is 10.2. The van der Waals surface area contributed by atoms with E-state index in [0.717, 1.165) is 23.2 Å². The Kier molecular flexibility index (Phi) is 4.05. The van der Waals surface area contributed by atoms with Gasteiger partial charge in [-0.05, 0) is 34.1 Å². The lowest BCUT2D eigenvalue weighted by molar-refractivity contribution is 0.219. The Balaban J connectivity index is 1.87. The zero-order valence-corrected chi connectivity index (χ0v) is 11.3. The minimum absolute atomic E-state index is 0.00399. The van der Waals surface area contributed by atoms with Gasteiger partial charge in [-0.25, -0.2) is 4.79 Å². The van der Waals surface area contributed by atoms with Crippen molar-refractivity contribution in [1.29, 1.82) is 5.26 Å². The average Bonchev–Trinajstić information content (AvgIpc) is 2.77. The monoisotopic (exact) mass is 308 g/mol. The van der Waals surface area contributed by atoms with Crippen LogP contribution in [0.2, 0.25) is 0 Å². The van der Waals surface area contributed by atoms with Crippen molar-refractivity contribution in [2.45, 2.75) is 0 Å². The Morgan fingerprint density at radius 2 is 2.39 bits per heavy atom. The first-order valence-electron chi connectivity index (χ1n) is 5.67. The van der Waals surface area contributed by atoms with Crippen LogP contribution in [0.15, 0.2) is 22.7 Å². The predicted molar refractivity (Wildman–Crippen MR) is 72.3 cm³/mol. The van der Waals surface area contributed by atoms with Crippen molar-refractivity contribution in [1.82, 2.24) is 10.2 Å². The highest BCUT2D eigenvalue weighted by atomic mass is 79.9. The highest BCUT2D eigenvalue weighted by molar-refractivity contribution is 9.10. The lowest BCUT2D eigenvalue weighted by Gasteiger charge is -2.15. The van der Waals surface area contributed by atoms with E-state index in [2.05, 4.69) is 32.6 Å². The minimum atomic E-state index is -0.00399. The maximum absolute atomic E-state index is 11.3. The van der Waals surface area contributed by atoms with Crippen molar-refractivity contribution in [3.8, 4) is 6.07 Å². The molecule has 1 aromatic carbocycles. The molecule has 94 valence electrons. The smallest absolute Gasteiger partial charge is 0.317 e. The van der Waals surface area contributed by atoms with Gasteiger partial charge in [0.15, 0.2) is 0 Å². The summed E-state index contributed by atoms with van der Waals surface area (Å²) in [5.41, 5.74) is 1.54. The third-order valence-electron chi connectivity index (χ3n) is 2.74. The molecular weight excluding hydrogens is 296 g/mol. The number of benzene rings is 1. The molecule has 0 bridgehead atoms. The quantitative estimate of drug-likeness (QED) is 0.890. The summed E-state index contributed by atoms with van der Waals surface area (Å²) in [6.07, 6.45) is 0. The summed E-state index contributed by atoms with van der Waals surface area (Å²) in [5, 5.41) is 14.8. The van der Waals surface area contributed by atoms with Gasteiger partial charge in [0.1, 0.15) is 0 Å². The predicted octanol–water partition coefficient (Wildman–Crippen LogP) is 1.76. The number of urea groups is 1. The molecule has 0 spiro atoms. The second-order valence-corrected chi connectivity index (χ2v) is 4.81. The number of hydrogen-bond acceptors (Lipinski definition) is 3. The van der Waals surface area contributed by atoms with Crippen LogP contribution in [0, 0.1) is 11.3 Å². The zero-order chi connectivity index (χ0) is 13.0. The molecule has 1 fully saturated rings. The molecule has 0 unspecified atom stereocenters. The first-order valence-corrected chi connectivity index (χ1v) is 6.46. The molecule has 18 heavy (non-hydrogen) atoms. The molecule has 0 radical (unpaired) electrons. The zero-order valence-electron chi connectivity index (χ0n) is 9.74. The van der Waals surface area contributed by atoms with E-state index in [4.69, 9.17) is 5.26 Å². The average molecular weight is 309 g/mol. The number of nitrogens with one attached hydrogen (secondary N) is 2. The molecule has 0 aromatic heterocycles. The summed E-state index contributed by atoms with van der Waals surface area (Å²) in [6, 6.07) is 7.46. The first kappa shape index (κ1) is 12.7. The number of amides is 2. The number of carbonyl (C=O) groups is 1. The van der Waals surface area contributed by atoms with Gasteiger partial charge in [0, 0.05) is 36.3 Å². The second-order valence-electron chi connectivity index (χ2n) is 3.95. The molecule has 1 aromatic rings. The van der Waals surface area contributed by atoms with Crippen molar-refractivity contribution >= 4 is 27.6 Å². The molecule has 1 aliphatic heterocycles. The topological polar surface area (TPSA) is 68.2 Å². The Hall–Kier alpha value is -1.74. The highest BCUT2D eigenvalue weighted by Crippen LogP contribution is 2.23. The maximum Gasteiger partial charge on any atom is 0.317 e. The van der Waals surface area contributed by atoms with Gasteiger partial charge in [0.2, 0.25) is 0 Å². The van der Waals surface area contributed by atoms with Gasteiger partial charge >= 0.3 is 6.03 Å². The molecule has 1 aliphatic rings. The van der Waals surface area contributed by atoms with E-state index in [-0.39, 0.29) is 6.03 Å². The van der Waals surface area contributed by atoms with Crippen molar-refractivity contribution in [3.05, 3.63) is 28.2 Å². The van der Waals surface area contributed by atoms with Crippen molar-refractivity contribution in [3.63, 3.8) is 0 Å². The van der Waals surface area contributed by atoms with Gasteiger partial charge < -0.3 is 15.5 Å². The molecule has 0 atom stereocenters. The molecule has 5 nitrogen and oxygen atoms in total. The third-order valence-corrected chi connectivity index (χ3v) is 3.40. The fourth-order valence-electron chi connectivity index (χ4n) is 1.78. The Morgan fingerprint density at radius 1 is 1.56 bits per heavy atom. The van der Waals surface area contributed by atoms with Crippen LogP contribution in [0.3, 0.4) is 0 Å². The van der Waals surface area contributed by atoms with Crippen LogP contribution in [0.5, 0.6) is 0 Å².